The molecule has 0 saturated heterocycles. The normalized spacial score (nSPS) is 12.4. The number of aromatic nitrogens is 1. The van der Waals surface area contributed by atoms with Crippen LogP contribution in [0.2, 0.25) is 0 Å². The van der Waals surface area contributed by atoms with Crippen LogP contribution in [0.25, 0.3) is 10.9 Å². The Balaban J connectivity index is 1.39. The predicted octanol–water partition coefficient (Wildman–Crippen LogP) is 5.89. The number of methoxy groups -OCH3 is 2. The van der Waals surface area contributed by atoms with E-state index in [-0.39, 0.29) is 5.69 Å². The first-order chi connectivity index (χ1) is 17.0. The minimum atomic E-state index is -0.852. The average molecular weight is 477 g/mol. The number of nitrogens with one attached hydrogen (secondary N) is 1. The minimum absolute atomic E-state index is 0.110. The van der Waals surface area contributed by atoms with E-state index < -0.39 is 17.7 Å². The Labute approximate surface area is 199 Å². The van der Waals surface area contributed by atoms with Gasteiger partial charge in [0.1, 0.15) is 11.6 Å². The smallest absolute Gasteiger partial charge is 0.330 e. The van der Waals surface area contributed by atoms with E-state index in [2.05, 4.69) is 5.32 Å². The van der Waals surface area contributed by atoms with Crippen molar-refractivity contribution in [1.29, 1.82) is 0 Å². The highest BCUT2D eigenvalue weighted by Gasteiger charge is 2.20. The fraction of sp³-hybridized carbons (Fsp3) is 0.115. The van der Waals surface area contributed by atoms with E-state index >= 15 is 0 Å². The average Bonchev–Trinajstić information content (AvgIpc) is 3.28. The highest BCUT2D eigenvalue weighted by Crippen LogP contribution is 2.38. The SMILES string of the molecule is COc1cc2c(cc1OC)N(Oc1ccc3c(ccn3C(=O)Nc3ccc(F)cc3F)c1)C=CC2. The lowest BCUT2D eigenvalue weighted by molar-refractivity contribution is 0.254. The molecule has 178 valence electrons. The van der Waals surface area contributed by atoms with E-state index in [0.29, 0.717) is 28.8 Å². The lowest BCUT2D eigenvalue weighted by Gasteiger charge is -2.27. The second-order valence-corrected chi connectivity index (χ2v) is 7.80. The second-order valence-electron chi connectivity index (χ2n) is 7.80. The summed E-state index contributed by atoms with van der Waals surface area (Å²) in [6, 6.07) is 13.2. The van der Waals surface area contributed by atoms with E-state index in [9.17, 15) is 13.6 Å². The summed E-state index contributed by atoms with van der Waals surface area (Å²) in [5.41, 5.74) is 2.32. The molecule has 35 heavy (non-hydrogen) atoms. The van der Waals surface area contributed by atoms with Gasteiger partial charge in [-0.3, -0.25) is 4.57 Å². The predicted molar refractivity (Wildman–Crippen MR) is 128 cm³/mol. The number of amides is 1. The molecule has 0 saturated carbocycles. The van der Waals surface area contributed by atoms with Crippen molar-refractivity contribution in [3.63, 3.8) is 0 Å². The summed E-state index contributed by atoms with van der Waals surface area (Å²) in [5, 5.41) is 4.84. The van der Waals surface area contributed by atoms with Crippen LogP contribution in [-0.4, -0.2) is 24.8 Å². The van der Waals surface area contributed by atoms with Gasteiger partial charge >= 0.3 is 6.03 Å². The maximum atomic E-state index is 13.9. The van der Waals surface area contributed by atoms with Crippen LogP contribution >= 0.6 is 0 Å². The number of hydroxylamine groups is 1. The van der Waals surface area contributed by atoms with Gasteiger partial charge in [0.2, 0.25) is 0 Å². The van der Waals surface area contributed by atoms with E-state index in [0.717, 1.165) is 29.1 Å². The lowest BCUT2D eigenvalue weighted by Crippen LogP contribution is -2.24. The molecular formula is C26H21F2N3O4. The van der Waals surface area contributed by atoms with Gasteiger partial charge < -0.3 is 19.6 Å². The second kappa shape index (κ2) is 9.02. The van der Waals surface area contributed by atoms with Crippen LogP contribution in [0.1, 0.15) is 5.56 Å². The monoisotopic (exact) mass is 477 g/mol. The van der Waals surface area contributed by atoms with E-state index in [4.69, 9.17) is 14.3 Å². The Morgan fingerprint density at radius 2 is 1.77 bits per heavy atom. The van der Waals surface area contributed by atoms with Gasteiger partial charge in [0.25, 0.3) is 0 Å². The molecule has 4 aromatic rings. The Morgan fingerprint density at radius 3 is 2.54 bits per heavy atom. The number of rotatable bonds is 5. The molecule has 0 spiro atoms. The zero-order valence-corrected chi connectivity index (χ0v) is 18.9. The summed E-state index contributed by atoms with van der Waals surface area (Å²) in [5.74, 6) is 0.208. The molecule has 1 aliphatic rings. The fourth-order valence-corrected chi connectivity index (χ4v) is 3.95. The van der Waals surface area contributed by atoms with Crippen LogP contribution in [0.4, 0.5) is 25.0 Å². The van der Waals surface area contributed by atoms with Gasteiger partial charge in [-0.25, -0.2) is 13.6 Å². The first-order valence-corrected chi connectivity index (χ1v) is 10.7. The number of benzene rings is 3. The molecule has 0 radical (unpaired) electrons. The van der Waals surface area contributed by atoms with Gasteiger partial charge in [-0.05, 0) is 54.4 Å². The quantitative estimate of drug-likeness (QED) is 0.389. The molecule has 1 aliphatic heterocycles. The summed E-state index contributed by atoms with van der Waals surface area (Å²) >= 11 is 0. The molecule has 7 nitrogen and oxygen atoms in total. The molecular weight excluding hydrogens is 456 g/mol. The third kappa shape index (κ3) is 4.23. The third-order valence-corrected chi connectivity index (χ3v) is 5.66. The van der Waals surface area contributed by atoms with Gasteiger partial charge in [-0.1, -0.05) is 6.08 Å². The molecule has 0 bridgehead atoms. The van der Waals surface area contributed by atoms with Crippen LogP contribution in [0.15, 0.2) is 73.1 Å². The first kappa shape index (κ1) is 22.3. The number of ether oxygens (including phenoxy) is 2. The molecule has 2 heterocycles. The molecule has 0 fully saturated rings. The summed E-state index contributed by atoms with van der Waals surface area (Å²) < 4.78 is 39.2. The van der Waals surface area contributed by atoms with Crippen LogP contribution in [0, 0.1) is 11.6 Å². The number of nitrogens with zero attached hydrogens (tertiary/aromatic N) is 2. The van der Waals surface area contributed by atoms with Crippen LogP contribution < -0.4 is 24.7 Å². The molecule has 5 rings (SSSR count). The van der Waals surface area contributed by atoms with Gasteiger partial charge in [0.05, 0.1) is 31.1 Å². The van der Waals surface area contributed by atoms with Gasteiger partial charge in [-0.15, -0.1) is 0 Å². The Morgan fingerprint density at radius 1 is 0.971 bits per heavy atom. The van der Waals surface area contributed by atoms with Crippen molar-refractivity contribution in [2.75, 3.05) is 24.6 Å². The highest BCUT2D eigenvalue weighted by molar-refractivity contribution is 5.98. The molecule has 1 N–H and O–H groups in total. The molecule has 0 aliphatic carbocycles. The standard InChI is InChI=1S/C26H21F2N3O4/c1-33-24-13-16-4-3-10-31(23(16)15-25(24)34-2)35-19-6-8-22-17(12-19)9-11-30(22)26(32)29-21-7-5-18(27)14-20(21)28/h3,5-15H,4H2,1-2H3,(H,29,32). The van der Waals surface area contributed by atoms with Crippen molar-refractivity contribution in [1.82, 2.24) is 4.57 Å². The first-order valence-electron chi connectivity index (χ1n) is 10.7. The largest absolute Gasteiger partial charge is 0.493 e. The van der Waals surface area contributed by atoms with E-state index in [1.165, 1.54) is 10.6 Å². The van der Waals surface area contributed by atoms with Crippen molar-refractivity contribution in [3.05, 3.63) is 90.3 Å². The fourth-order valence-electron chi connectivity index (χ4n) is 3.95. The van der Waals surface area contributed by atoms with Crippen molar-refractivity contribution in [3.8, 4) is 17.2 Å². The zero-order valence-electron chi connectivity index (χ0n) is 18.9. The summed E-state index contributed by atoms with van der Waals surface area (Å²) in [4.78, 5) is 18.8. The number of carbonyl (C=O) groups excluding carboxylic acids is 1. The van der Waals surface area contributed by atoms with Crippen molar-refractivity contribution in [2.24, 2.45) is 0 Å². The van der Waals surface area contributed by atoms with Gasteiger partial charge in [-0.2, -0.15) is 5.06 Å². The number of hydrogen-bond donors (Lipinski definition) is 1. The Bertz CT molecular complexity index is 1460. The molecule has 0 atom stereocenters. The molecule has 3 aromatic carbocycles. The number of allylic oxidation sites excluding steroid dienone is 1. The highest BCUT2D eigenvalue weighted by atomic mass is 19.1. The van der Waals surface area contributed by atoms with Crippen molar-refractivity contribution >= 4 is 28.3 Å². The number of fused-ring (bicyclic) bond motifs is 2. The third-order valence-electron chi connectivity index (χ3n) is 5.66. The summed E-state index contributed by atoms with van der Waals surface area (Å²) in [6.45, 7) is 0. The Kier molecular flexibility index (Phi) is 5.74. The molecule has 9 heteroatoms. The molecule has 1 aromatic heterocycles. The van der Waals surface area contributed by atoms with Gasteiger partial charge in [0, 0.05) is 29.9 Å². The van der Waals surface area contributed by atoms with E-state index in [1.54, 1.807) is 49.7 Å². The maximum Gasteiger partial charge on any atom is 0.330 e. The van der Waals surface area contributed by atoms with Crippen molar-refractivity contribution in [2.45, 2.75) is 6.42 Å². The Hall–Kier alpha value is -4.53. The summed E-state index contributed by atoms with van der Waals surface area (Å²) in [6.07, 6.45) is 6.09. The minimum Gasteiger partial charge on any atom is -0.493 e. The number of carbonyl (C=O) groups is 1. The van der Waals surface area contributed by atoms with Gasteiger partial charge in [0.15, 0.2) is 17.2 Å². The van der Waals surface area contributed by atoms with E-state index in [1.807, 2.05) is 24.4 Å². The molecule has 0 unspecified atom stereocenters. The lowest BCUT2D eigenvalue weighted by atomic mass is 10.1. The number of hydrogen-bond acceptors (Lipinski definition) is 5. The van der Waals surface area contributed by atoms with Crippen LogP contribution in [0.3, 0.4) is 0 Å². The van der Waals surface area contributed by atoms with Crippen LogP contribution in [0.5, 0.6) is 17.2 Å². The molecule has 1 amide bonds. The number of anilines is 2. The zero-order chi connectivity index (χ0) is 24.5. The van der Waals surface area contributed by atoms with Crippen LogP contribution in [-0.2, 0) is 6.42 Å². The topological polar surface area (TPSA) is 65.0 Å². The maximum absolute atomic E-state index is 13.9. The van der Waals surface area contributed by atoms with Crippen molar-refractivity contribution < 1.29 is 27.9 Å². The number of halogens is 2. The summed E-state index contributed by atoms with van der Waals surface area (Å²) in [7, 11) is 3.17.